The summed E-state index contributed by atoms with van der Waals surface area (Å²) in [5.41, 5.74) is 6.94. The molecule has 0 heterocycles. The molecular weight excluding hydrogens is 284 g/mol. The molecule has 0 unspecified atom stereocenters. The zero-order valence-electron chi connectivity index (χ0n) is 11.8. The Labute approximate surface area is 127 Å². The van der Waals surface area contributed by atoms with Crippen LogP contribution < -0.4 is 15.6 Å². The second-order valence-electron chi connectivity index (χ2n) is 4.50. The van der Waals surface area contributed by atoms with Crippen molar-refractivity contribution < 1.29 is 19.4 Å². The molecule has 0 saturated heterocycles. The summed E-state index contributed by atoms with van der Waals surface area (Å²) in [7, 11) is 0. The molecule has 0 aromatic heterocycles. The number of hydrogen-bond acceptors (Lipinski definition) is 4. The van der Waals surface area contributed by atoms with Crippen LogP contribution in [-0.4, -0.2) is 23.6 Å². The van der Waals surface area contributed by atoms with E-state index in [9.17, 15) is 9.59 Å². The van der Waals surface area contributed by atoms with Gasteiger partial charge in [-0.3, -0.25) is 10.2 Å². The number of carbonyl (C=O) groups is 2. The third-order valence-electron chi connectivity index (χ3n) is 2.82. The number of ether oxygens (including phenoxy) is 1. The fraction of sp³-hybridized carbons (Fsp3) is 0.125. The standard InChI is InChI=1S/C16H16N2O4/c19-15(20)11-22-14-8-6-13(7-9-14)16(21)18-17-10-12-4-2-1-3-5-12/h1-9,17H,10-11H2,(H,18,21)(H,19,20). The monoisotopic (exact) mass is 300 g/mol. The molecule has 114 valence electrons. The second-order valence-corrected chi connectivity index (χ2v) is 4.50. The van der Waals surface area contributed by atoms with E-state index in [0.29, 0.717) is 17.9 Å². The van der Waals surface area contributed by atoms with E-state index in [2.05, 4.69) is 10.9 Å². The van der Waals surface area contributed by atoms with E-state index in [4.69, 9.17) is 9.84 Å². The Morgan fingerprint density at radius 1 is 1.00 bits per heavy atom. The topological polar surface area (TPSA) is 87.7 Å². The molecule has 0 saturated carbocycles. The summed E-state index contributed by atoms with van der Waals surface area (Å²) >= 11 is 0. The molecule has 0 atom stereocenters. The summed E-state index contributed by atoms with van der Waals surface area (Å²) in [5, 5.41) is 8.51. The largest absolute Gasteiger partial charge is 0.482 e. The summed E-state index contributed by atoms with van der Waals surface area (Å²) in [6.07, 6.45) is 0. The van der Waals surface area contributed by atoms with Gasteiger partial charge in [0.2, 0.25) is 0 Å². The first-order chi connectivity index (χ1) is 10.6. The highest BCUT2D eigenvalue weighted by molar-refractivity contribution is 5.93. The minimum absolute atomic E-state index is 0.277. The van der Waals surface area contributed by atoms with Crippen molar-refractivity contribution in [2.24, 2.45) is 0 Å². The van der Waals surface area contributed by atoms with E-state index in [0.717, 1.165) is 5.56 Å². The molecule has 0 aliphatic rings. The number of aliphatic carboxylic acids is 1. The number of carbonyl (C=O) groups excluding carboxylic acids is 1. The predicted octanol–water partition coefficient (Wildman–Crippen LogP) is 1.58. The Kier molecular flexibility index (Phi) is 5.50. The number of rotatable bonds is 7. The van der Waals surface area contributed by atoms with E-state index >= 15 is 0 Å². The van der Waals surface area contributed by atoms with Gasteiger partial charge in [0, 0.05) is 12.1 Å². The Morgan fingerprint density at radius 2 is 1.68 bits per heavy atom. The van der Waals surface area contributed by atoms with Crippen LogP contribution in [0.2, 0.25) is 0 Å². The lowest BCUT2D eigenvalue weighted by Gasteiger charge is -2.08. The summed E-state index contributed by atoms with van der Waals surface area (Å²) < 4.78 is 4.99. The molecule has 0 bridgehead atoms. The molecule has 1 amide bonds. The van der Waals surface area contributed by atoms with Crippen molar-refractivity contribution in [1.29, 1.82) is 0 Å². The van der Waals surface area contributed by atoms with Crippen molar-refractivity contribution in [1.82, 2.24) is 10.9 Å². The number of nitrogens with one attached hydrogen (secondary N) is 2. The molecule has 0 fully saturated rings. The van der Waals surface area contributed by atoms with Gasteiger partial charge in [-0.1, -0.05) is 30.3 Å². The van der Waals surface area contributed by atoms with Crippen LogP contribution in [0.3, 0.4) is 0 Å². The summed E-state index contributed by atoms with van der Waals surface area (Å²) in [4.78, 5) is 22.3. The van der Waals surface area contributed by atoms with Gasteiger partial charge in [0.05, 0.1) is 0 Å². The van der Waals surface area contributed by atoms with Gasteiger partial charge >= 0.3 is 5.97 Å². The van der Waals surface area contributed by atoms with Gasteiger partial charge in [-0.15, -0.1) is 0 Å². The Balaban J connectivity index is 1.81. The van der Waals surface area contributed by atoms with Crippen LogP contribution in [0.1, 0.15) is 15.9 Å². The molecule has 2 aromatic rings. The third kappa shape index (κ3) is 4.92. The molecular formula is C16H16N2O4. The first-order valence-electron chi connectivity index (χ1n) is 6.67. The summed E-state index contributed by atoms with van der Waals surface area (Å²) in [6, 6.07) is 15.9. The van der Waals surface area contributed by atoms with Crippen LogP contribution in [-0.2, 0) is 11.3 Å². The van der Waals surface area contributed by atoms with Gasteiger partial charge in [-0.2, -0.15) is 0 Å². The summed E-state index contributed by atoms with van der Waals surface area (Å²) in [5.74, 6) is -0.927. The van der Waals surface area contributed by atoms with Crippen molar-refractivity contribution >= 4 is 11.9 Å². The fourth-order valence-corrected chi connectivity index (χ4v) is 1.74. The molecule has 22 heavy (non-hydrogen) atoms. The molecule has 0 spiro atoms. The molecule has 0 aliphatic heterocycles. The highest BCUT2D eigenvalue weighted by atomic mass is 16.5. The average Bonchev–Trinajstić information content (AvgIpc) is 2.54. The molecule has 3 N–H and O–H groups in total. The van der Waals surface area contributed by atoms with Crippen LogP contribution in [0, 0.1) is 0 Å². The number of hydrazine groups is 1. The highest BCUT2D eigenvalue weighted by Crippen LogP contribution is 2.11. The third-order valence-corrected chi connectivity index (χ3v) is 2.82. The van der Waals surface area contributed by atoms with Crippen LogP contribution in [0.5, 0.6) is 5.75 Å². The lowest BCUT2D eigenvalue weighted by Crippen LogP contribution is -2.36. The zero-order chi connectivity index (χ0) is 15.8. The van der Waals surface area contributed by atoms with E-state index in [-0.39, 0.29) is 5.91 Å². The fourth-order valence-electron chi connectivity index (χ4n) is 1.74. The average molecular weight is 300 g/mol. The number of benzene rings is 2. The molecule has 0 radical (unpaired) electrons. The highest BCUT2D eigenvalue weighted by Gasteiger charge is 2.05. The van der Waals surface area contributed by atoms with E-state index in [1.165, 1.54) is 0 Å². The minimum atomic E-state index is -1.05. The number of hydrogen-bond donors (Lipinski definition) is 3. The Morgan fingerprint density at radius 3 is 2.32 bits per heavy atom. The zero-order valence-corrected chi connectivity index (χ0v) is 11.8. The SMILES string of the molecule is O=C(O)COc1ccc(C(=O)NNCc2ccccc2)cc1. The van der Waals surface area contributed by atoms with Crippen molar-refractivity contribution in [2.45, 2.75) is 6.54 Å². The molecule has 0 aliphatic carbocycles. The molecule has 6 nitrogen and oxygen atoms in total. The lowest BCUT2D eigenvalue weighted by molar-refractivity contribution is -0.139. The van der Waals surface area contributed by atoms with Crippen LogP contribution >= 0.6 is 0 Å². The molecule has 2 aromatic carbocycles. The maximum atomic E-state index is 11.9. The van der Waals surface area contributed by atoms with Crippen LogP contribution in [0.25, 0.3) is 0 Å². The first-order valence-corrected chi connectivity index (χ1v) is 6.67. The van der Waals surface area contributed by atoms with Crippen LogP contribution in [0.15, 0.2) is 54.6 Å². The second kappa shape index (κ2) is 7.80. The number of amides is 1. The van der Waals surface area contributed by atoms with Gasteiger partial charge in [0.1, 0.15) is 5.75 Å². The minimum Gasteiger partial charge on any atom is -0.482 e. The van der Waals surface area contributed by atoms with Gasteiger partial charge in [-0.05, 0) is 29.8 Å². The van der Waals surface area contributed by atoms with Crippen molar-refractivity contribution in [3.05, 3.63) is 65.7 Å². The van der Waals surface area contributed by atoms with Gasteiger partial charge in [0.15, 0.2) is 6.61 Å². The Bertz CT molecular complexity index is 626. The molecule has 6 heteroatoms. The van der Waals surface area contributed by atoms with E-state index < -0.39 is 12.6 Å². The smallest absolute Gasteiger partial charge is 0.341 e. The molecule has 2 rings (SSSR count). The van der Waals surface area contributed by atoms with Gasteiger partial charge < -0.3 is 9.84 Å². The quantitative estimate of drug-likeness (QED) is 0.676. The van der Waals surface area contributed by atoms with Crippen molar-refractivity contribution in [2.75, 3.05) is 6.61 Å². The van der Waals surface area contributed by atoms with Crippen LogP contribution in [0.4, 0.5) is 0 Å². The van der Waals surface area contributed by atoms with Crippen molar-refractivity contribution in [3.8, 4) is 5.75 Å². The van der Waals surface area contributed by atoms with E-state index in [1.807, 2.05) is 30.3 Å². The van der Waals surface area contributed by atoms with Gasteiger partial charge in [0.25, 0.3) is 5.91 Å². The Hall–Kier alpha value is -2.86. The van der Waals surface area contributed by atoms with Crippen molar-refractivity contribution in [3.63, 3.8) is 0 Å². The number of carboxylic acids is 1. The lowest BCUT2D eigenvalue weighted by atomic mass is 10.2. The first kappa shape index (κ1) is 15.5. The maximum absolute atomic E-state index is 11.9. The summed E-state index contributed by atoms with van der Waals surface area (Å²) in [6.45, 7) is 0.108. The normalized spacial score (nSPS) is 10.0. The predicted molar refractivity (Wildman–Crippen MR) is 80.3 cm³/mol. The number of carboxylic acid groups (broad SMARTS) is 1. The van der Waals surface area contributed by atoms with E-state index in [1.54, 1.807) is 24.3 Å². The van der Waals surface area contributed by atoms with Gasteiger partial charge in [-0.25, -0.2) is 10.2 Å². The maximum Gasteiger partial charge on any atom is 0.341 e.